The Kier molecular flexibility index (Phi) is 3.54. The number of amides is 1. The maximum absolute atomic E-state index is 11.5. The lowest BCUT2D eigenvalue weighted by Gasteiger charge is -2.13. The van der Waals surface area contributed by atoms with Crippen molar-refractivity contribution in [3.63, 3.8) is 0 Å². The molecule has 0 aromatic carbocycles. The largest absolute Gasteiger partial charge is 0.320 e. The van der Waals surface area contributed by atoms with Crippen LogP contribution in [0.4, 0.5) is 5.13 Å². The van der Waals surface area contributed by atoms with Crippen molar-refractivity contribution >= 4 is 22.6 Å². The van der Waals surface area contributed by atoms with Gasteiger partial charge in [-0.25, -0.2) is 4.98 Å². The molecule has 1 aromatic rings. The highest BCUT2D eigenvalue weighted by Gasteiger charge is 2.18. The number of carbonyl (C=O) groups excluding carboxylic acids is 1. The van der Waals surface area contributed by atoms with Crippen molar-refractivity contribution in [3.05, 3.63) is 5.82 Å². The topological polar surface area (TPSA) is 80.9 Å². The summed E-state index contributed by atoms with van der Waals surface area (Å²) < 4.78 is 3.95. The molecule has 0 unspecified atom stereocenters. The Labute approximate surface area is 86.9 Å². The summed E-state index contributed by atoms with van der Waals surface area (Å²) in [5.74, 6) is 0.559. The molecule has 1 heterocycles. The van der Waals surface area contributed by atoms with Crippen molar-refractivity contribution in [2.75, 3.05) is 5.32 Å². The van der Waals surface area contributed by atoms with E-state index in [1.54, 1.807) is 6.92 Å². The van der Waals surface area contributed by atoms with E-state index in [1.807, 2.05) is 13.8 Å². The monoisotopic (exact) mass is 214 g/mol. The number of hydrogen-bond donors (Lipinski definition) is 2. The molecule has 0 fully saturated rings. The molecule has 0 spiro atoms. The van der Waals surface area contributed by atoms with Crippen LogP contribution in [0.1, 0.15) is 19.7 Å². The van der Waals surface area contributed by atoms with Gasteiger partial charge < -0.3 is 5.73 Å². The molecular formula is C8H14N4OS. The molecule has 0 saturated heterocycles. The quantitative estimate of drug-likeness (QED) is 0.778. The van der Waals surface area contributed by atoms with Gasteiger partial charge >= 0.3 is 0 Å². The van der Waals surface area contributed by atoms with Gasteiger partial charge in [-0.3, -0.25) is 10.1 Å². The molecule has 78 valence electrons. The van der Waals surface area contributed by atoms with E-state index in [1.165, 1.54) is 0 Å². The Morgan fingerprint density at radius 1 is 1.57 bits per heavy atom. The van der Waals surface area contributed by atoms with Crippen molar-refractivity contribution in [2.45, 2.75) is 26.8 Å². The lowest BCUT2D eigenvalue weighted by molar-refractivity contribution is -0.118. The van der Waals surface area contributed by atoms with Gasteiger partial charge in [-0.2, -0.15) is 4.37 Å². The summed E-state index contributed by atoms with van der Waals surface area (Å²) in [5.41, 5.74) is 5.66. The fraction of sp³-hybridized carbons (Fsp3) is 0.625. The number of rotatable bonds is 3. The van der Waals surface area contributed by atoms with Crippen molar-refractivity contribution in [1.29, 1.82) is 0 Å². The molecule has 0 aliphatic carbocycles. The average Bonchev–Trinajstić information content (AvgIpc) is 2.49. The summed E-state index contributed by atoms with van der Waals surface area (Å²) in [6.07, 6.45) is 0. The molecule has 6 heteroatoms. The number of hydrogen-bond acceptors (Lipinski definition) is 5. The zero-order chi connectivity index (χ0) is 10.7. The van der Waals surface area contributed by atoms with Crippen LogP contribution in [0.2, 0.25) is 0 Å². The molecule has 3 N–H and O–H groups in total. The third-order valence-corrected chi connectivity index (χ3v) is 2.50. The summed E-state index contributed by atoms with van der Waals surface area (Å²) in [7, 11) is 0. The van der Waals surface area contributed by atoms with E-state index in [2.05, 4.69) is 14.7 Å². The Bertz CT molecular complexity index is 323. The van der Waals surface area contributed by atoms with Crippen LogP contribution in [0.25, 0.3) is 0 Å². The second kappa shape index (κ2) is 4.47. The maximum atomic E-state index is 11.5. The molecule has 5 nitrogen and oxygen atoms in total. The average molecular weight is 214 g/mol. The van der Waals surface area contributed by atoms with Crippen molar-refractivity contribution in [2.24, 2.45) is 11.7 Å². The third-order valence-electron chi connectivity index (χ3n) is 1.78. The van der Waals surface area contributed by atoms with Gasteiger partial charge in [0.15, 0.2) is 0 Å². The molecule has 0 saturated carbocycles. The Hall–Kier alpha value is -1.01. The highest BCUT2D eigenvalue weighted by atomic mass is 32.1. The third kappa shape index (κ3) is 2.74. The van der Waals surface area contributed by atoms with Gasteiger partial charge in [0.1, 0.15) is 5.82 Å². The van der Waals surface area contributed by atoms with Crippen LogP contribution in [0.3, 0.4) is 0 Å². The van der Waals surface area contributed by atoms with E-state index in [0.29, 0.717) is 11.0 Å². The van der Waals surface area contributed by atoms with Gasteiger partial charge in [0.2, 0.25) is 11.0 Å². The molecule has 0 radical (unpaired) electrons. The molecule has 1 atom stereocenters. The van der Waals surface area contributed by atoms with Crippen LogP contribution in [0.5, 0.6) is 0 Å². The first-order chi connectivity index (χ1) is 6.50. The highest BCUT2D eigenvalue weighted by molar-refractivity contribution is 7.09. The Morgan fingerprint density at radius 2 is 2.21 bits per heavy atom. The first-order valence-corrected chi connectivity index (χ1v) is 5.15. The van der Waals surface area contributed by atoms with Gasteiger partial charge in [0, 0.05) is 11.5 Å². The zero-order valence-corrected chi connectivity index (χ0v) is 9.26. The molecule has 0 aliphatic rings. The fourth-order valence-electron chi connectivity index (χ4n) is 0.839. The minimum absolute atomic E-state index is 0.115. The summed E-state index contributed by atoms with van der Waals surface area (Å²) >= 11 is 1.16. The second-order valence-electron chi connectivity index (χ2n) is 3.41. The number of carbonyl (C=O) groups is 1. The molecule has 1 aromatic heterocycles. The lowest BCUT2D eigenvalue weighted by atomic mass is 10.1. The molecule has 1 rings (SSSR count). The van der Waals surface area contributed by atoms with Crippen LogP contribution >= 0.6 is 11.5 Å². The van der Waals surface area contributed by atoms with Gasteiger partial charge in [-0.05, 0) is 12.8 Å². The van der Waals surface area contributed by atoms with E-state index in [4.69, 9.17) is 5.73 Å². The van der Waals surface area contributed by atoms with Crippen LogP contribution in [0, 0.1) is 12.8 Å². The summed E-state index contributed by atoms with van der Waals surface area (Å²) in [6.45, 7) is 5.57. The standard InChI is InChI=1S/C8H14N4OS/c1-4(2)6(9)7(13)11-8-10-5(3)12-14-8/h4,6H,9H2,1-3H3,(H,10,11,12,13)/t6-/m0/s1. The van der Waals surface area contributed by atoms with Gasteiger partial charge in [0.25, 0.3) is 0 Å². The van der Waals surface area contributed by atoms with Crippen molar-refractivity contribution < 1.29 is 4.79 Å². The van der Waals surface area contributed by atoms with E-state index < -0.39 is 6.04 Å². The van der Waals surface area contributed by atoms with Gasteiger partial charge in [0.05, 0.1) is 6.04 Å². The van der Waals surface area contributed by atoms with E-state index in [-0.39, 0.29) is 11.8 Å². The lowest BCUT2D eigenvalue weighted by Crippen LogP contribution is -2.39. The van der Waals surface area contributed by atoms with E-state index >= 15 is 0 Å². The van der Waals surface area contributed by atoms with E-state index in [0.717, 1.165) is 11.5 Å². The van der Waals surface area contributed by atoms with Crippen LogP contribution in [-0.2, 0) is 4.79 Å². The predicted molar refractivity (Wildman–Crippen MR) is 56.1 cm³/mol. The van der Waals surface area contributed by atoms with Gasteiger partial charge in [-0.15, -0.1) is 0 Å². The SMILES string of the molecule is Cc1nsc(NC(=O)[C@@H](N)C(C)C)n1. The molecule has 0 aliphatic heterocycles. The van der Waals surface area contributed by atoms with Crippen molar-refractivity contribution in [3.8, 4) is 0 Å². The number of nitrogens with zero attached hydrogens (tertiary/aromatic N) is 2. The normalized spacial score (nSPS) is 12.9. The van der Waals surface area contributed by atoms with Crippen LogP contribution < -0.4 is 11.1 Å². The van der Waals surface area contributed by atoms with Gasteiger partial charge in [-0.1, -0.05) is 13.8 Å². The number of nitrogens with two attached hydrogens (primary N) is 1. The second-order valence-corrected chi connectivity index (χ2v) is 4.16. The maximum Gasteiger partial charge on any atom is 0.243 e. The molecule has 0 bridgehead atoms. The highest BCUT2D eigenvalue weighted by Crippen LogP contribution is 2.11. The fourth-order valence-corrected chi connectivity index (χ4v) is 1.42. The predicted octanol–water partition coefficient (Wildman–Crippen LogP) is 0.768. The molecular weight excluding hydrogens is 200 g/mol. The Balaban J connectivity index is 2.57. The smallest absolute Gasteiger partial charge is 0.243 e. The molecule has 14 heavy (non-hydrogen) atoms. The number of aryl methyl sites for hydroxylation is 1. The van der Waals surface area contributed by atoms with Crippen LogP contribution in [-0.4, -0.2) is 21.3 Å². The number of nitrogens with one attached hydrogen (secondary N) is 1. The minimum atomic E-state index is -0.501. The summed E-state index contributed by atoms with van der Waals surface area (Å²) in [6, 6.07) is -0.501. The van der Waals surface area contributed by atoms with E-state index in [9.17, 15) is 4.79 Å². The minimum Gasteiger partial charge on any atom is -0.320 e. The number of aromatic nitrogens is 2. The summed E-state index contributed by atoms with van der Waals surface area (Å²) in [5, 5.41) is 3.13. The molecule has 1 amide bonds. The van der Waals surface area contributed by atoms with Crippen LogP contribution in [0.15, 0.2) is 0 Å². The number of anilines is 1. The first-order valence-electron chi connectivity index (χ1n) is 4.37. The first kappa shape index (κ1) is 11.1. The Morgan fingerprint density at radius 3 is 2.64 bits per heavy atom. The zero-order valence-electron chi connectivity index (χ0n) is 8.44. The summed E-state index contributed by atoms with van der Waals surface area (Å²) in [4.78, 5) is 15.5. The van der Waals surface area contributed by atoms with Crippen molar-refractivity contribution in [1.82, 2.24) is 9.36 Å².